The number of aryl methyl sites for hydroxylation is 1. The molecule has 11 heteroatoms. The predicted molar refractivity (Wildman–Crippen MR) is 119 cm³/mol. The van der Waals surface area contributed by atoms with E-state index in [1.807, 2.05) is 20.8 Å². The number of anilines is 1. The van der Waals surface area contributed by atoms with Crippen LogP contribution in [0.5, 0.6) is 0 Å². The van der Waals surface area contributed by atoms with Crippen LogP contribution in [0.3, 0.4) is 0 Å². The highest BCUT2D eigenvalue weighted by molar-refractivity contribution is 7.09. The maximum absolute atomic E-state index is 13.7. The number of carbonyl (C=O) groups excluding carboxylic acids is 3. The lowest BCUT2D eigenvalue weighted by atomic mass is 10.1. The van der Waals surface area contributed by atoms with Crippen LogP contribution in [-0.2, 0) is 9.53 Å². The Morgan fingerprint density at radius 2 is 2.06 bits per heavy atom. The van der Waals surface area contributed by atoms with Crippen LogP contribution in [0.25, 0.3) is 0 Å². The van der Waals surface area contributed by atoms with Gasteiger partial charge in [-0.2, -0.15) is 4.37 Å². The normalized spacial score (nSPS) is 17.2. The average molecular weight is 464 g/mol. The highest BCUT2D eigenvalue weighted by Gasteiger charge is 2.39. The number of nitrogens with zero attached hydrogens (tertiary/aromatic N) is 2. The summed E-state index contributed by atoms with van der Waals surface area (Å²) in [6.07, 6.45) is 1.36. The standard InChI is InChI=1S/C21H29N5O5S/c1-11-7-8-13(31-11)16(19(28)24-21(2,3)4)26(10-12-6-5-9-30-12)20(29)17-14(22)15(18(23)27)25-32-17/h7-8,12,16H,5-6,9-10,22H2,1-4H3,(H2,23,27)(H,24,28). The van der Waals surface area contributed by atoms with Crippen molar-refractivity contribution in [2.75, 3.05) is 18.9 Å². The van der Waals surface area contributed by atoms with E-state index < -0.39 is 29.3 Å². The van der Waals surface area contributed by atoms with Gasteiger partial charge in [0.1, 0.15) is 16.4 Å². The number of amides is 3. The molecule has 2 aromatic rings. The maximum Gasteiger partial charge on any atom is 0.270 e. The van der Waals surface area contributed by atoms with Crippen LogP contribution in [0.1, 0.15) is 71.3 Å². The first kappa shape index (κ1) is 23.7. The number of ether oxygens (including phenoxy) is 1. The van der Waals surface area contributed by atoms with Crippen molar-refractivity contribution < 1.29 is 23.5 Å². The molecule has 3 heterocycles. The summed E-state index contributed by atoms with van der Waals surface area (Å²) in [4.78, 5) is 40.1. The Morgan fingerprint density at radius 1 is 1.34 bits per heavy atom. The molecule has 174 valence electrons. The largest absolute Gasteiger partial charge is 0.464 e. The van der Waals surface area contributed by atoms with Crippen LogP contribution < -0.4 is 16.8 Å². The average Bonchev–Trinajstić information content (AvgIpc) is 3.41. The van der Waals surface area contributed by atoms with Gasteiger partial charge in [0.05, 0.1) is 11.8 Å². The number of nitrogen functional groups attached to an aromatic ring is 1. The fourth-order valence-electron chi connectivity index (χ4n) is 3.54. The second-order valence-electron chi connectivity index (χ2n) is 8.82. The molecule has 0 spiro atoms. The molecule has 2 aromatic heterocycles. The van der Waals surface area contributed by atoms with Gasteiger partial charge in [-0.05, 0) is 64.2 Å². The number of nitrogens with two attached hydrogens (primary N) is 2. The molecule has 10 nitrogen and oxygen atoms in total. The van der Waals surface area contributed by atoms with Gasteiger partial charge in [-0.3, -0.25) is 14.4 Å². The second kappa shape index (κ2) is 9.29. The Kier molecular flexibility index (Phi) is 6.89. The third-order valence-corrected chi connectivity index (χ3v) is 5.78. The smallest absolute Gasteiger partial charge is 0.270 e. The summed E-state index contributed by atoms with van der Waals surface area (Å²) in [5, 5.41) is 2.93. The van der Waals surface area contributed by atoms with Gasteiger partial charge in [0.2, 0.25) is 0 Å². The van der Waals surface area contributed by atoms with Crippen molar-refractivity contribution in [1.82, 2.24) is 14.6 Å². The summed E-state index contributed by atoms with van der Waals surface area (Å²) >= 11 is 0.771. The Bertz CT molecular complexity index is 1000. The van der Waals surface area contributed by atoms with Gasteiger partial charge in [-0.1, -0.05) is 0 Å². The molecule has 1 aliphatic rings. The third-order valence-electron chi connectivity index (χ3n) is 4.93. The van der Waals surface area contributed by atoms with Gasteiger partial charge in [0.25, 0.3) is 17.7 Å². The second-order valence-corrected chi connectivity index (χ2v) is 9.59. The van der Waals surface area contributed by atoms with E-state index in [0.29, 0.717) is 18.1 Å². The molecule has 0 saturated carbocycles. The van der Waals surface area contributed by atoms with Gasteiger partial charge in [0, 0.05) is 18.7 Å². The van der Waals surface area contributed by atoms with Crippen LogP contribution in [0.4, 0.5) is 5.69 Å². The van der Waals surface area contributed by atoms with Crippen molar-refractivity contribution in [2.45, 2.75) is 58.2 Å². The lowest BCUT2D eigenvalue weighted by Crippen LogP contribution is -2.50. The van der Waals surface area contributed by atoms with E-state index in [0.717, 1.165) is 24.4 Å². The van der Waals surface area contributed by atoms with E-state index >= 15 is 0 Å². The summed E-state index contributed by atoms with van der Waals surface area (Å²) in [6, 6.07) is 2.33. The highest BCUT2D eigenvalue weighted by Crippen LogP contribution is 2.31. The maximum atomic E-state index is 13.7. The van der Waals surface area contributed by atoms with E-state index in [4.69, 9.17) is 20.6 Å². The monoisotopic (exact) mass is 463 g/mol. The first-order chi connectivity index (χ1) is 15.0. The summed E-state index contributed by atoms with van der Waals surface area (Å²) in [6.45, 7) is 8.03. The predicted octanol–water partition coefficient (Wildman–Crippen LogP) is 2.00. The number of carbonyl (C=O) groups is 3. The zero-order valence-corrected chi connectivity index (χ0v) is 19.5. The quantitative estimate of drug-likeness (QED) is 0.567. The number of furan rings is 1. The van der Waals surface area contributed by atoms with Gasteiger partial charge < -0.3 is 30.8 Å². The first-order valence-electron chi connectivity index (χ1n) is 10.3. The van der Waals surface area contributed by atoms with Crippen molar-refractivity contribution in [3.8, 4) is 0 Å². The van der Waals surface area contributed by atoms with E-state index in [-0.39, 0.29) is 28.9 Å². The minimum absolute atomic E-state index is 0.0358. The van der Waals surface area contributed by atoms with Crippen LogP contribution in [-0.4, -0.2) is 51.8 Å². The van der Waals surface area contributed by atoms with Crippen molar-refractivity contribution in [2.24, 2.45) is 5.73 Å². The van der Waals surface area contributed by atoms with E-state index in [1.165, 1.54) is 4.90 Å². The first-order valence-corrected chi connectivity index (χ1v) is 11.1. The number of aromatic nitrogens is 1. The summed E-state index contributed by atoms with van der Waals surface area (Å²) in [7, 11) is 0. The van der Waals surface area contributed by atoms with E-state index in [2.05, 4.69) is 9.69 Å². The molecule has 0 aliphatic carbocycles. The van der Waals surface area contributed by atoms with Gasteiger partial charge in [-0.15, -0.1) is 0 Å². The lowest BCUT2D eigenvalue weighted by molar-refractivity contribution is -0.128. The summed E-state index contributed by atoms with van der Waals surface area (Å²) < 4.78 is 15.4. The molecule has 2 atom stereocenters. The van der Waals surface area contributed by atoms with Crippen LogP contribution in [0.2, 0.25) is 0 Å². The number of hydrogen-bond donors (Lipinski definition) is 3. The molecule has 3 amide bonds. The third kappa shape index (κ3) is 5.28. The van der Waals surface area contributed by atoms with E-state index in [1.54, 1.807) is 19.1 Å². The van der Waals surface area contributed by atoms with Crippen LogP contribution in [0.15, 0.2) is 16.5 Å². The molecular formula is C21H29N5O5S. The number of nitrogens with one attached hydrogen (secondary N) is 1. The summed E-state index contributed by atoms with van der Waals surface area (Å²) in [5.74, 6) is -0.866. The Balaban J connectivity index is 2.06. The Hall–Kier alpha value is -2.92. The minimum Gasteiger partial charge on any atom is -0.464 e. The molecular weight excluding hydrogens is 434 g/mol. The zero-order valence-electron chi connectivity index (χ0n) is 18.6. The SMILES string of the molecule is Cc1ccc(C(C(=O)NC(C)(C)C)N(CC2CCCO2)C(=O)c2snc(C(N)=O)c2N)o1. The van der Waals surface area contributed by atoms with Crippen molar-refractivity contribution in [1.29, 1.82) is 0 Å². The number of rotatable bonds is 7. The lowest BCUT2D eigenvalue weighted by Gasteiger charge is -2.33. The Morgan fingerprint density at radius 3 is 2.56 bits per heavy atom. The van der Waals surface area contributed by atoms with Gasteiger partial charge >= 0.3 is 0 Å². The summed E-state index contributed by atoms with van der Waals surface area (Å²) in [5.41, 5.74) is 10.5. The van der Waals surface area contributed by atoms with Crippen molar-refractivity contribution >= 4 is 34.9 Å². The van der Waals surface area contributed by atoms with Gasteiger partial charge in [0.15, 0.2) is 11.7 Å². The highest BCUT2D eigenvalue weighted by atomic mass is 32.1. The molecule has 0 radical (unpaired) electrons. The molecule has 1 fully saturated rings. The Labute approximate surface area is 190 Å². The molecule has 3 rings (SSSR count). The molecule has 2 unspecified atom stereocenters. The number of primary amides is 1. The molecule has 0 aromatic carbocycles. The topological polar surface area (TPSA) is 154 Å². The number of hydrogen-bond acceptors (Lipinski definition) is 8. The molecule has 1 aliphatic heterocycles. The molecule has 5 N–H and O–H groups in total. The van der Waals surface area contributed by atoms with Crippen LogP contribution >= 0.6 is 11.5 Å². The zero-order chi connectivity index (χ0) is 23.6. The fourth-order valence-corrected chi connectivity index (χ4v) is 4.30. The van der Waals surface area contributed by atoms with E-state index in [9.17, 15) is 14.4 Å². The van der Waals surface area contributed by atoms with Crippen molar-refractivity contribution in [3.63, 3.8) is 0 Å². The fraction of sp³-hybridized carbons (Fsp3) is 0.524. The molecule has 0 bridgehead atoms. The van der Waals surface area contributed by atoms with Crippen LogP contribution in [0, 0.1) is 6.92 Å². The minimum atomic E-state index is -1.07. The van der Waals surface area contributed by atoms with Crippen molar-refractivity contribution in [3.05, 3.63) is 34.2 Å². The van der Waals surface area contributed by atoms with Gasteiger partial charge in [-0.25, -0.2) is 0 Å². The molecule has 1 saturated heterocycles. The molecule has 32 heavy (non-hydrogen) atoms.